The molecule has 0 bridgehead atoms. The van der Waals surface area contributed by atoms with Crippen molar-refractivity contribution in [3.8, 4) is 5.75 Å². The zero-order chi connectivity index (χ0) is 12.4. The van der Waals surface area contributed by atoms with Gasteiger partial charge in [0.2, 0.25) is 0 Å². The standard InChI is InChI=1S/C12H10BrCl2NO/c1-2-5-17-11-10(14)8-6-7(13)3-4-9(8)16-12(11)15/h3-4,6H,2,5H2,1H3. The molecule has 0 saturated carbocycles. The molecular weight excluding hydrogens is 325 g/mol. The van der Waals surface area contributed by atoms with Crippen molar-refractivity contribution in [1.29, 1.82) is 0 Å². The SMILES string of the molecule is CCCOc1c(Cl)nc2ccc(Br)cc2c1Cl. The number of rotatable bonds is 3. The molecule has 1 aromatic heterocycles. The van der Waals surface area contributed by atoms with Gasteiger partial charge in [0.25, 0.3) is 0 Å². The summed E-state index contributed by atoms with van der Waals surface area (Å²) < 4.78 is 6.47. The number of hydrogen-bond donors (Lipinski definition) is 0. The molecule has 0 unspecified atom stereocenters. The van der Waals surface area contributed by atoms with Gasteiger partial charge in [0, 0.05) is 9.86 Å². The predicted molar refractivity (Wildman–Crippen MR) is 75.2 cm³/mol. The summed E-state index contributed by atoms with van der Waals surface area (Å²) in [5, 5.41) is 1.64. The van der Waals surface area contributed by atoms with E-state index in [4.69, 9.17) is 27.9 Å². The van der Waals surface area contributed by atoms with Crippen LogP contribution in [0.5, 0.6) is 5.75 Å². The molecule has 2 aromatic rings. The van der Waals surface area contributed by atoms with Gasteiger partial charge in [0.1, 0.15) is 0 Å². The monoisotopic (exact) mass is 333 g/mol. The Labute approximate surface area is 118 Å². The minimum atomic E-state index is 0.304. The molecule has 0 aliphatic heterocycles. The highest BCUT2D eigenvalue weighted by Crippen LogP contribution is 2.38. The lowest BCUT2D eigenvalue weighted by Gasteiger charge is -2.10. The third-order valence-corrected chi connectivity index (χ3v) is 3.38. The Bertz CT molecular complexity index is 560. The maximum atomic E-state index is 6.28. The fraction of sp³-hybridized carbons (Fsp3) is 0.250. The van der Waals surface area contributed by atoms with Crippen LogP contribution in [0.25, 0.3) is 10.9 Å². The lowest BCUT2D eigenvalue weighted by molar-refractivity contribution is 0.317. The molecule has 0 aliphatic carbocycles. The van der Waals surface area contributed by atoms with Gasteiger partial charge in [0.15, 0.2) is 10.9 Å². The van der Waals surface area contributed by atoms with Gasteiger partial charge in [-0.25, -0.2) is 4.98 Å². The number of benzene rings is 1. The largest absolute Gasteiger partial charge is 0.489 e. The molecule has 0 atom stereocenters. The quantitative estimate of drug-likeness (QED) is 0.729. The van der Waals surface area contributed by atoms with Crippen LogP contribution in [0.2, 0.25) is 10.2 Å². The number of nitrogens with zero attached hydrogens (tertiary/aromatic N) is 1. The average Bonchev–Trinajstić information content (AvgIpc) is 2.30. The Morgan fingerprint density at radius 2 is 2.12 bits per heavy atom. The summed E-state index contributed by atoms with van der Waals surface area (Å²) in [6.07, 6.45) is 0.892. The molecule has 2 nitrogen and oxygen atoms in total. The summed E-state index contributed by atoms with van der Waals surface area (Å²) in [6, 6.07) is 5.66. The van der Waals surface area contributed by atoms with E-state index in [0.29, 0.717) is 22.5 Å². The lowest BCUT2D eigenvalue weighted by atomic mass is 10.2. The fourth-order valence-electron chi connectivity index (χ4n) is 1.48. The molecule has 0 aliphatic rings. The van der Waals surface area contributed by atoms with Gasteiger partial charge in [-0.05, 0) is 24.6 Å². The van der Waals surface area contributed by atoms with Crippen molar-refractivity contribution in [3.63, 3.8) is 0 Å². The third-order valence-electron chi connectivity index (χ3n) is 2.25. The van der Waals surface area contributed by atoms with Gasteiger partial charge in [-0.3, -0.25) is 0 Å². The topological polar surface area (TPSA) is 22.1 Å². The summed E-state index contributed by atoms with van der Waals surface area (Å²) in [4.78, 5) is 4.27. The van der Waals surface area contributed by atoms with Gasteiger partial charge in [-0.1, -0.05) is 46.1 Å². The summed E-state index contributed by atoms with van der Waals surface area (Å²) in [7, 11) is 0. The number of hydrogen-bond acceptors (Lipinski definition) is 2. The number of halogens is 3. The zero-order valence-electron chi connectivity index (χ0n) is 9.14. The van der Waals surface area contributed by atoms with Gasteiger partial charge in [-0.2, -0.15) is 0 Å². The zero-order valence-corrected chi connectivity index (χ0v) is 12.2. The molecule has 0 fully saturated rings. The molecule has 1 aromatic carbocycles. The number of pyridine rings is 1. The van der Waals surface area contributed by atoms with Crippen LogP contribution in [0.1, 0.15) is 13.3 Å². The van der Waals surface area contributed by atoms with Crippen LogP contribution in [-0.2, 0) is 0 Å². The first-order valence-electron chi connectivity index (χ1n) is 5.20. The molecule has 0 spiro atoms. The molecule has 90 valence electrons. The predicted octanol–water partition coefficient (Wildman–Crippen LogP) is 5.09. The molecular formula is C12H10BrCl2NO. The van der Waals surface area contributed by atoms with Crippen molar-refractivity contribution in [2.75, 3.05) is 6.61 Å². The molecule has 5 heteroatoms. The van der Waals surface area contributed by atoms with Gasteiger partial charge >= 0.3 is 0 Å². The highest BCUT2D eigenvalue weighted by Gasteiger charge is 2.13. The van der Waals surface area contributed by atoms with Crippen LogP contribution in [0, 0.1) is 0 Å². The van der Waals surface area contributed by atoms with E-state index < -0.39 is 0 Å². The second-order valence-electron chi connectivity index (χ2n) is 3.56. The van der Waals surface area contributed by atoms with Crippen LogP contribution >= 0.6 is 39.1 Å². The Kier molecular flexibility index (Phi) is 4.13. The Morgan fingerprint density at radius 1 is 1.35 bits per heavy atom. The molecule has 0 saturated heterocycles. The summed E-state index contributed by atoms with van der Waals surface area (Å²) >= 11 is 15.7. The summed E-state index contributed by atoms with van der Waals surface area (Å²) in [5.74, 6) is 0.459. The number of fused-ring (bicyclic) bond motifs is 1. The van der Waals surface area contributed by atoms with Gasteiger partial charge in [-0.15, -0.1) is 0 Å². The van der Waals surface area contributed by atoms with Crippen LogP contribution in [0.4, 0.5) is 0 Å². The molecule has 0 N–H and O–H groups in total. The highest BCUT2D eigenvalue weighted by molar-refractivity contribution is 9.10. The van der Waals surface area contributed by atoms with Crippen molar-refractivity contribution in [2.24, 2.45) is 0 Å². The van der Waals surface area contributed by atoms with E-state index in [1.807, 2.05) is 25.1 Å². The summed E-state index contributed by atoms with van der Waals surface area (Å²) in [6.45, 7) is 2.59. The van der Waals surface area contributed by atoms with Crippen molar-refractivity contribution in [2.45, 2.75) is 13.3 Å². The van der Waals surface area contributed by atoms with Gasteiger partial charge < -0.3 is 4.74 Å². The van der Waals surface area contributed by atoms with Crippen LogP contribution in [0.3, 0.4) is 0 Å². The Balaban J connectivity index is 2.60. The van der Waals surface area contributed by atoms with Crippen molar-refractivity contribution < 1.29 is 4.74 Å². The Hall–Kier alpha value is -0.510. The number of aromatic nitrogens is 1. The maximum Gasteiger partial charge on any atom is 0.175 e. The van der Waals surface area contributed by atoms with Gasteiger partial charge in [0.05, 0.1) is 17.1 Å². The first-order chi connectivity index (χ1) is 8.13. The lowest BCUT2D eigenvalue weighted by Crippen LogP contribution is -1.98. The van der Waals surface area contributed by atoms with Crippen molar-refractivity contribution in [1.82, 2.24) is 4.98 Å². The average molecular weight is 335 g/mol. The van der Waals surface area contributed by atoms with E-state index >= 15 is 0 Å². The molecule has 0 radical (unpaired) electrons. The summed E-state index contributed by atoms with van der Waals surface area (Å²) in [5.41, 5.74) is 0.757. The van der Waals surface area contributed by atoms with E-state index in [1.54, 1.807) is 0 Å². The first kappa shape index (κ1) is 12.9. The second kappa shape index (κ2) is 5.42. The van der Waals surface area contributed by atoms with E-state index in [-0.39, 0.29) is 0 Å². The Morgan fingerprint density at radius 3 is 2.82 bits per heavy atom. The fourth-order valence-corrected chi connectivity index (χ4v) is 2.42. The molecule has 17 heavy (non-hydrogen) atoms. The molecule has 0 amide bonds. The van der Waals surface area contributed by atoms with E-state index in [2.05, 4.69) is 20.9 Å². The van der Waals surface area contributed by atoms with Crippen LogP contribution in [0.15, 0.2) is 22.7 Å². The smallest absolute Gasteiger partial charge is 0.175 e. The normalized spacial score (nSPS) is 10.8. The van der Waals surface area contributed by atoms with E-state index in [1.165, 1.54) is 0 Å². The minimum absolute atomic E-state index is 0.304. The maximum absolute atomic E-state index is 6.28. The van der Waals surface area contributed by atoms with Crippen molar-refractivity contribution >= 4 is 50.0 Å². The van der Waals surface area contributed by atoms with Crippen molar-refractivity contribution in [3.05, 3.63) is 32.8 Å². The molecule has 2 rings (SSSR count). The number of ether oxygens (including phenoxy) is 1. The van der Waals surface area contributed by atoms with E-state index in [0.717, 1.165) is 21.8 Å². The second-order valence-corrected chi connectivity index (χ2v) is 5.21. The third kappa shape index (κ3) is 2.67. The van der Waals surface area contributed by atoms with Crippen LogP contribution < -0.4 is 4.74 Å². The highest BCUT2D eigenvalue weighted by atomic mass is 79.9. The molecule has 1 heterocycles. The van der Waals surface area contributed by atoms with E-state index in [9.17, 15) is 0 Å². The minimum Gasteiger partial charge on any atom is -0.489 e. The first-order valence-corrected chi connectivity index (χ1v) is 6.75. The van der Waals surface area contributed by atoms with Crippen LogP contribution in [-0.4, -0.2) is 11.6 Å².